The number of nitrogens with zero attached hydrogens (tertiary/aromatic N) is 3. The molecule has 20 heavy (non-hydrogen) atoms. The predicted octanol–water partition coefficient (Wildman–Crippen LogP) is 0.409. The van der Waals surface area contributed by atoms with Crippen LogP contribution in [0.5, 0.6) is 0 Å². The van der Waals surface area contributed by atoms with Crippen molar-refractivity contribution < 1.29 is 4.79 Å². The molecule has 6 nitrogen and oxygen atoms in total. The molecule has 0 bridgehead atoms. The zero-order valence-electron chi connectivity index (χ0n) is 12.5. The number of hydrogen-bond acceptors (Lipinski definition) is 4. The van der Waals surface area contributed by atoms with Gasteiger partial charge in [-0.2, -0.15) is 5.10 Å². The molecule has 0 spiro atoms. The van der Waals surface area contributed by atoms with Crippen molar-refractivity contribution in [1.82, 2.24) is 20.0 Å². The van der Waals surface area contributed by atoms with E-state index in [1.165, 1.54) is 0 Å². The summed E-state index contributed by atoms with van der Waals surface area (Å²) in [7, 11) is 3.59. The number of hydrogen-bond donors (Lipinski definition) is 2. The number of likely N-dealkylation sites (N-methyl/N-ethyl adjacent to an activating group) is 1. The van der Waals surface area contributed by atoms with E-state index in [1.807, 2.05) is 26.4 Å². The number of amides is 1. The van der Waals surface area contributed by atoms with E-state index >= 15 is 0 Å². The Morgan fingerprint density at radius 1 is 1.55 bits per heavy atom. The van der Waals surface area contributed by atoms with Crippen molar-refractivity contribution in [1.29, 1.82) is 0 Å². The lowest BCUT2D eigenvalue weighted by molar-refractivity contribution is -0.128. The molecule has 1 aromatic heterocycles. The van der Waals surface area contributed by atoms with Crippen LogP contribution in [0.25, 0.3) is 0 Å². The number of nitrogens with one attached hydrogen (secondary N) is 1. The molecule has 0 radical (unpaired) electrons. The van der Waals surface area contributed by atoms with Gasteiger partial charge >= 0.3 is 0 Å². The third kappa shape index (κ3) is 3.02. The van der Waals surface area contributed by atoms with Gasteiger partial charge in [-0.05, 0) is 26.3 Å². The minimum Gasteiger partial charge on any atom is -0.358 e. The highest BCUT2D eigenvalue weighted by atomic mass is 16.2. The van der Waals surface area contributed by atoms with Crippen molar-refractivity contribution in [3.8, 4) is 0 Å². The summed E-state index contributed by atoms with van der Waals surface area (Å²) in [5, 5.41) is 7.01. The molecule has 1 aliphatic rings. The average molecular weight is 279 g/mol. The highest BCUT2D eigenvalue weighted by molar-refractivity contribution is 5.81. The van der Waals surface area contributed by atoms with Crippen molar-refractivity contribution in [3.63, 3.8) is 0 Å². The molecule has 1 aromatic rings. The average Bonchev–Trinajstić information content (AvgIpc) is 2.84. The van der Waals surface area contributed by atoms with Gasteiger partial charge in [-0.15, -0.1) is 0 Å². The highest BCUT2D eigenvalue weighted by Crippen LogP contribution is 2.30. The second-order valence-corrected chi connectivity index (χ2v) is 5.61. The number of aromatic nitrogens is 2. The molecular formula is C14H25N5O. The van der Waals surface area contributed by atoms with Gasteiger partial charge in [-0.3, -0.25) is 14.4 Å². The molecule has 0 aromatic carbocycles. The Morgan fingerprint density at radius 3 is 2.85 bits per heavy atom. The fraction of sp³-hybridized carbons (Fsp3) is 0.714. The van der Waals surface area contributed by atoms with Crippen LogP contribution in [0.15, 0.2) is 12.4 Å². The van der Waals surface area contributed by atoms with Gasteiger partial charge in [-0.25, -0.2) is 0 Å². The molecule has 1 amide bonds. The van der Waals surface area contributed by atoms with Gasteiger partial charge in [0.25, 0.3) is 0 Å². The molecule has 3 N–H and O–H groups in total. The second-order valence-electron chi connectivity index (χ2n) is 5.61. The molecule has 3 unspecified atom stereocenters. The summed E-state index contributed by atoms with van der Waals surface area (Å²) >= 11 is 0. The molecule has 2 heterocycles. The summed E-state index contributed by atoms with van der Waals surface area (Å²) < 4.78 is 1.78. The van der Waals surface area contributed by atoms with Crippen LogP contribution < -0.4 is 11.1 Å². The van der Waals surface area contributed by atoms with E-state index in [-0.39, 0.29) is 24.0 Å². The van der Waals surface area contributed by atoms with Crippen LogP contribution in [0.4, 0.5) is 0 Å². The Balaban J connectivity index is 2.28. The quantitative estimate of drug-likeness (QED) is 0.837. The first-order valence-electron chi connectivity index (χ1n) is 7.26. The smallest absolute Gasteiger partial charge is 0.237 e. The Morgan fingerprint density at radius 2 is 2.30 bits per heavy atom. The predicted molar refractivity (Wildman–Crippen MR) is 78.0 cm³/mol. The number of carbonyl (C=O) groups is 1. The lowest BCUT2D eigenvalue weighted by atomic mass is 9.94. The lowest BCUT2D eigenvalue weighted by Gasteiger charge is -2.41. The van der Waals surface area contributed by atoms with Gasteiger partial charge in [0.15, 0.2) is 0 Å². The molecule has 0 aliphatic carbocycles. The molecule has 0 saturated carbocycles. The van der Waals surface area contributed by atoms with Crippen molar-refractivity contribution in [2.45, 2.75) is 44.3 Å². The Kier molecular flexibility index (Phi) is 4.77. The van der Waals surface area contributed by atoms with Crippen LogP contribution in [0.2, 0.25) is 0 Å². The third-order valence-electron chi connectivity index (χ3n) is 4.01. The van der Waals surface area contributed by atoms with E-state index in [4.69, 9.17) is 5.73 Å². The molecule has 2 rings (SSSR count). The summed E-state index contributed by atoms with van der Waals surface area (Å²) in [6.07, 6.45) is 6.93. The van der Waals surface area contributed by atoms with Gasteiger partial charge in [0, 0.05) is 31.9 Å². The normalized spacial score (nSPS) is 23.3. The Hall–Kier alpha value is -1.40. The van der Waals surface area contributed by atoms with Crippen molar-refractivity contribution in [2.24, 2.45) is 12.8 Å². The van der Waals surface area contributed by atoms with Crippen molar-refractivity contribution in [3.05, 3.63) is 18.0 Å². The van der Waals surface area contributed by atoms with E-state index in [2.05, 4.69) is 15.3 Å². The van der Waals surface area contributed by atoms with Crippen molar-refractivity contribution >= 4 is 5.91 Å². The number of piperidine rings is 1. The molecule has 6 heteroatoms. The van der Waals surface area contributed by atoms with E-state index in [1.54, 1.807) is 11.7 Å². The maximum absolute atomic E-state index is 12.1. The number of rotatable bonds is 4. The maximum atomic E-state index is 12.1. The zero-order chi connectivity index (χ0) is 14.7. The minimum atomic E-state index is -0.0926. The maximum Gasteiger partial charge on any atom is 0.237 e. The summed E-state index contributed by atoms with van der Waals surface area (Å²) in [5.41, 5.74) is 7.28. The first kappa shape index (κ1) is 15.0. The number of likely N-dealkylation sites (tertiary alicyclic amines) is 1. The van der Waals surface area contributed by atoms with E-state index < -0.39 is 0 Å². The van der Waals surface area contributed by atoms with Gasteiger partial charge < -0.3 is 11.1 Å². The number of nitrogens with two attached hydrogens (primary N) is 1. The van der Waals surface area contributed by atoms with Gasteiger partial charge in [0.1, 0.15) is 0 Å². The molecule has 1 fully saturated rings. The van der Waals surface area contributed by atoms with E-state index in [0.717, 1.165) is 31.4 Å². The summed E-state index contributed by atoms with van der Waals surface area (Å²) in [5.74, 6) is 0.0826. The van der Waals surface area contributed by atoms with Crippen LogP contribution >= 0.6 is 0 Å². The van der Waals surface area contributed by atoms with Crippen LogP contribution in [0.3, 0.4) is 0 Å². The Labute approximate surface area is 120 Å². The topological polar surface area (TPSA) is 76.2 Å². The summed E-state index contributed by atoms with van der Waals surface area (Å²) in [6, 6.07) is -0.110. The van der Waals surface area contributed by atoms with Crippen LogP contribution in [0.1, 0.15) is 37.8 Å². The largest absolute Gasteiger partial charge is 0.358 e. The number of carbonyl (C=O) groups excluding carboxylic acids is 1. The van der Waals surface area contributed by atoms with Gasteiger partial charge in [-0.1, -0.05) is 6.42 Å². The van der Waals surface area contributed by atoms with Gasteiger partial charge in [0.2, 0.25) is 5.91 Å². The lowest BCUT2D eigenvalue weighted by Crippen LogP contribution is -2.53. The minimum absolute atomic E-state index is 0.0336. The Bertz CT molecular complexity index is 456. The SMILES string of the molecule is CNC(=O)C1CCCCN1C(c1cnn(C)c1)C(C)N. The standard InChI is InChI=1S/C14H25N5O/c1-10(15)13(11-8-17-18(3)9-11)19-7-5-4-6-12(19)14(20)16-2/h8-10,12-13H,4-7,15H2,1-3H3,(H,16,20). The fourth-order valence-corrected chi connectivity index (χ4v) is 3.12. The van der Waals surface area contributed by atoms with Gasteiger partial charge in [0.05, 0.1) is 18.3 Å². The zero-order valence-corrected chi connectivity index (χ0v) is 12.5. The molecule has 112 valence electrons. The third-order valence-corrected chi connectivity index (χ3v) is 4.01. The summed E-state index contributed by atoms with van der Waals surface area (Å²) in [4.78, 5) is 14.4. The highest BCUT2D eigenvalue weighted by Gasteiger charge is 2.35. The number of aryl methyl sites for hydroxylation is 1. The van der Waals surface area contributed by atoms with Crippen LogP contribution in [-0.4, -0.2) is 46.3 Å². The molecule has 1 aliphatic heterocycles. The second kappa shape index (κ2) is 6.37. The molecule has 3 atom stereocenters. The van der Waals surface area contributed by atoms with E-state index in [0.29, 0.717) is 0 Å². The molecule has 1 saturated heterocycles. The molecular weight excluding hydrogens is 254 g/mol. The first-order chi connectivity index (χ1) is 9.54. The van der Waals surface area contributed by atoms with Crippen LogP contribution in [0, 0.1) is 0 Å². The fourth-order valence-electron chi connectivity index (χ4n) is 3.12. The van der Waals surface area contributed by atoms with Crippen LogP contribution in [-0.2, 0) is 11.8 Å². The van der Waals surface area contributed by atoms with Crippen molar-refractivity contribution in [2.75, 3.05) is 13.6 Å². The first-order valence-corrected chi connectivity index (χ1v) is 7.26. The summed E-state index contributed by atoms with van der Waals surface area (Å²) in [6.45, 7) is 2.90. The van der Waals surface area contributed by atoms with E-state index in [9.17, 15) is 4.79 Å². The monoisotopic (exact) mass is 279 g/mol.